The van der Waals surface area contributed by atoms with Crippen molar-refractivity contribution in [1.82, 2.24) is 0 Å². The number of rotatable bonds is 8. The third kappa shape index (κ3) is 4.35. The predicted molar refractivity (Wildman–Crippen MR) is 99.1 cm³/mol. The number of likely N-dealkylation sites (N-methyl/N-ethyl adjacent to an activating group) is 1. The number of nitrogens with one attached hydrogen (secondary N) is 1. The Morgan fingerprint density at radius 1 is 0.960 bits per heavy atom. The Morgan fingerprint density at radius 3 is 2.20 bits per heavy atom. The summed E-state index contributed by atoms with van der Waals surface area (Å²) in [4.78, 5) is 14.5. The molecule has 134 valence electrons. The van der Waals surface area contributed by atoms with E-state index < -0.39 is 0 Å². The van der Waals surface area contributed by atoms with Gasteiger partial charge in [0.25, 0.3) is 0 Å². The van der Waals surface area contributed by atoms with Crippen molar-refractivity contribution in [3.05, 3.63) is 42.5 Å². The van der Waals surface area contributed by atoms with Gasteiger partial charge in [-0.15, -0.1) is 0 Å². The van der Waals surface area contributed by atoms with Crippen molar-refractivity contribution >= 4 is 17.3 Å². The number of carbonyl (C=O) groups excluding carboxylic acids is 1. The van der Waals surface area contributed by atoms with Crippen LogP contribution in [0.4, 0.5) is 11.4 Å². The van der Waals surface area contributed by atoms with Crippen LogP contribution < -0.4 is 24.4 Å². The fourth-order valence-electron chi connectivity index (χ4n) is 2.59. The fraction of sp³-hybridized carbons (Fsp3) is 0.316. The van der Waals surface area contributed by atoms with E-state index in [-0.39, 0.29) is 12.5 Å². The average Bonchev–Trinajstić information content (AvgIpc) is 2.66. The maximum Gasteiger partial charge on any atom is 0.243 e. The summed E-state index contributed by atoms with van der Waals surface area (Å²) >= 11 is 0. The lowest BCUT2D eigenvalue weighted by molar-refractivity contribution is -0.115. The Hall–Kier alpha value is -2.89. The standard InChI is InChI=1S/C19H24N2O4/c1-5-21(14-9-7-6-8-10-14)13-17(22)20-15-11-12-16(23-2)19(25-4)18(15)24-3/h6-12H,5,13H2,1-4H3,(H,20,22). The number of methoxy groups -OCH3 is 3. The minimum absolute atomic E-state index is 0.142. The van der Waals surface area contributed by atoms with Crippen molar-refractivity contribution in [1.29, 1.82) is 0 Å². The minimum Gasteiger partial charge on any atom is -0.493 e. The molecule has 6 nitrogen and oxygen atoms in total. The summed E-state index contributed by atoms with van der Waals surface area (Å²) in [6, 6.07) is 13.3. The van der Waals surface area contributed by atoms with Crippen LogP contribution >= 0.6 is 0 Å². The van der Waals surface area contributed by atoms with Crippen LogP contribution in [0.2, 0.25) is 0 Å². The van der Waals surface area contributed by atoms with Gasteiger partial charge in [-0.1, -0.05) is 18.2 Å². The summed E-state index contributed by atoms with van der Waals surface area (Å²) in [7, 11) is 4.60. The summed E-state index contributed by atoms with van der Waals surface area (Å²) in [6.07, 6.45) is 0. The van der Waals surface area contributed by atoms with Crippen molar-refractivity contribution in [2.45, 2.75) is 6.92 Å². The van der Waals surface area contributed by atoms with Crippen LogP contribution in [-0.2, 0) is 4.79 Å². The van der Waals surface area contributed by atoms with Gasteiger partial charge in [0.05, 0.1) is 33.6 Å². The Kier molecular flexibility index (Phi) is 6.51. The maximum atomic E-state index is 12.5. The molecular formula is C19H24N2O4. The van der Waals surface area contributed by atoms with E-state index in [9.17, 15) is 4.79 Å². The van der Waals surface area contributed by atoms with Gasteiger partial charge < -0.3 is 24.4 Å². The zero-order valence-electron chi connectivity index (χ0n) is 15.0. The highest BCUT2D eigenvalue weighted by atomic mass is 16.5. The fourth-order valence-corrected chi connectivity index (χ4v) is 2.59. The van der Waals surface area contributed by atoms with Gasteiger partial charge in [0.1, 0.15) is 0 Å². The molecule has 6 heteroatoms. The number of carbonyl (C=O) groups is 1. The maximum absolute atomic E-state index is 12.5. The highest BCUT2D eigenvalue weighted by Crippen LogP contribution is 2.42. The molecule has 1 N–H and O–H groups in total. The van der Waals surface area contributed by atoms with Crippen molar-refractivity contribution in [3.8, 4) is 17.2 Å². The molecule has 25 heavy (non-hydrogen) atoms. The lowest BCUT2D eigenvalue weighted by atomic mass is 10.2. The molecule has 0 bridgehead atoms. The van der Waals surface area contributed by atoms with Crippen LogP contribution in [0.1, 0.15) is 6.92 Å². The van der Waals surface area contributed by atoms with Crippen molar-refractivity contribution in [2.75, 3.05) is 44.6 Å². The Morgan fingerprint density at radius 2 is 1.64 bits per heavy atom. The van der Waals surface area contributed by atoms with Crippen LogP contribution in [0.25, 0.3) is 0 Å². The number of hydrogen-bond acceptors (Lipinski definition) is 5. The van der Waals surface area contributed by atoms with E-state index in [4.69, 9.17) is 14.2 Å². The molecule has 0 atom stereocenters. The van der Waals surface area contributed by atoms with E-state index in [1.54, 1.807) is 19.2 Å². The molecule has 2 rings (SSSR count). The van der Waals surface area contributed by atoms with Gasteiger partial charge >= 0.3 is 0 Å². The normalized spacial score (nSPS) is 10.1. The molecule has 0 fully saturated rings. The Balaban J connectivity index is 2.17. The quantitative estimate of drug-likeness (QED) is 0.797. The molecule has 2 aromatic rings. The molecule has 0 aromatic heterocycles. The largest absolute Gasteiger partial charge is 0.493 e. The van der Waals surface area contributed by atoms with Crippen LogP contribution in [0, 0.1) is 0 Å². The van der Waals surface area contributed by atoms with Gasteiger partial charge in [-0.2, -0.15) is 0 Å². The number of amides is 1. The molecule has 0 spiro atoms. The van der Waals surface area contributed by atoms with E-state index >= 15 is 0 Å². The summed E-state index contributed by atoms with van der Waals surface area (Å²) in [5.41, 5.74) is 1.54. The molecule has 0 saturated carbocycles. The first-order valence-electron chi connectivity index (χ1n) is 8.03. The predicted octanol–water partition coefficient (Wildman–Crippen LogP) is 3.18. The van der Waals surface area contributed by atoms with Crippen molar-refractivity contribution < 1.29 is 19.0 Å². The van der Waals surface area contributed by atoms with E-state index in [1.165, 1.54) is 14.2 Å². The number of hydrogen-bond donors (Lipinski definition) is 1. The average molecular weight is 344 g/mol. The second-order valence-corrected chi connectivity index (χ2v) is 5.28. The molecular weight excluding hydrogens is 320 g/mol. The van der Waals surface area contributed by atoms with Crippen LogP contribution in [-0.4, -0.2) is 40.3 Å². The van der Waals surface area contributed by atoms with E-state index in [2.05, 4.69) is 5.32 Å². The monoisotopic (exact) mass is 344 g/mol. The molecule has 0 aliphatic heterocycles. The first-order valence-corrected chi connectivity index (χ1v) is 8.03. The number of nitrogens with zero attached hydrogens (tertiary/aromatic N) is 1. The third-order valence-corrected chi connectivity index (χ3v) is 3.82. The first-order chi connectivity index (χ1) is 12.1. The van der Waals surface area contributed by atoms with Gasteiger partial charge in [-0.3, -0.25) is 4.79 Å². The molecule has 0 unspecified atom stereocenters. The van der Waals surface area contributed by atoms with E-state index in [0.29, 0.717) is 22.9 Å². The highest BCUT2D eigenvalue weighted by Gasteiger charge is 2.18. The van der Waals surface area contributed by atoms with Gasteiger partial charge in [0.2, 0.25) is 11.7 Å². The molecule has 2 aromatic carbocycles. The summed E-state index contributed by atoms with van der Waals surface area (Å²) < 4.78 is 16.0. The van der Waals surface area contributed by atoms with E-state index in [1.807, 2.05) is 42.2 Å². The lowest BCUT2D eigenvalue weighted by Crippen LogP contribution is -2.33. The molecule has 0 aliphatic carbocycles. The summed E-state index contributed by atoms with van der Waals surface area (Å²) in [5, 5.41) is 2.88. The Labute approximate surface area is 148 Å². The molecule has 0 radical (unpaired) electrons. The zero-order valence-corrected chi connectivity index (χ0v) is 15.0. The number of anilines is 2. The smallest absolute Gasteiger partial charge is 0.243 e. The van der Waals surface area contributed by atoms with Crippen LogP contribution in [0.3, 0.4) is 0 Å². The molecule has 1 amide bonds. The van der Waals surface area contributed by atoms with Crippen LogP contribution in [0.5, 0.6) is 17.2 Å². The summed E-state index contributed by atoms with van der Waals surface area (Å²) in [5.74, 6) is 1.27. The second-order valence-electron chi connectivity index (χ2n) is 5.28. The van der Waals surface area contributed by atoms with Gasteiger partial charge in [0, 0.05) is 12.2 Å². The van der Waals surface area contributed by atoms with Crippen molar-refractivity contribution in [3.63, 3.8) is 0 Å². The minimum atomic E-state index is -0.142. The molecule has 0 saturated heterocycles. The molecule has 0 heterocycles. The Bertz CT molecular complexity index is 704. The van der Waals surface area contributed by atoms with Gasteiger partial charge in [0.15, 0.2) is 11.5 Å². The number of ether oxygens (including phenoxy) is 3. The number of benzene rings is 2. The number of para-hydroxylation sites is 1. The third-order valence-electron chi connectivity index (χ3n) is 3.82. The van der Waals surface area contributed by atoms with Gasteiger partial charge in [-0.25, -0.2) is 0 Å². The van der Waals surface area contributed by atoms with E-state index in [0.717, 1.165) is 12.2 Å². The topological polar surface area (TPSA) is 60.0 Å². The summed E-state index contributed by atoms with van der Waals surface area (Å²) in [6.45, 7) is 2.97. The highest BCUT2D eigenvalue weighted by molar-refractivity contribution is 5.96. The zero-order chi connectivity index (χ0) is 18.2. The van der Waals surface area contributed by atoms with Crippen molar-refractivity contribution in [2.24, 2.45) is 0 Å². The molecule has 0 aliphatic rings. The van der Waals surface area contributed by atoms with Gasteiger partial charge in [-0.05, 0) is 31.2 Å². The van der Waals surface area contributed by atoms with Crippen LogP contribution in [0.15, 0.2) is 42.5 Å². The SMILES string of the molecule is CCN(CC(=O)Nc1ccc(OC)c(OC)c1OC)c1ccccc1. The first kappa shape index (κ1) is 18.4. The second kappa shape index (κ2) is 8.82. The lowest BCUT2D eigenvalue weighted by Gasteiger charge is -2.23.